The van der Waals surface area contributed by atoms with Gasteiger partial charge in [-0.05, 0) is 32.6 Å². The molecule has 0 aromatic rings. The lowest BCUT2D eigenvalue weighted by Crippen LogP contribution is -2.40. The number of urea groups is 1. The second-order valence-electron chi connectivity index (χ2n) is 4.85. The first kappa shape index (κ1) is 15.2. The lowest BCUT2D eigenvalue weighted by molar-refractivity contribution is -0.133. The van der Waals surface area contributed by atoms with Crippen molar-refractivity contribution in [1.29, 1.82) is 0 Å². The molecule has 6 nitrogen and oxygen atoms in total. The highest BCUT2D eigenvalue weighted by atomic mass is 16.4. The van der Waals surface area contributed by atoms with E-state index < -0.39 is 17.9 Å². The van der Waals surface area contributed by atoms with Gasteiger partial charge < -0.3 is 10.4 Å². The van der Waals surface area contributed by atoms with E-state index in [9.17, 15) is 14.4 Å². The minimum atomic E-state index is -1.17. The molecule has 0 radical (unpaired) electrons. The predicted octanol–water partition coefficient (Wildman–Crippen LogP) is 1.42. The van der Waals surface area contributed by atoms with Crippen molar-refractivity contribution in [3.05, 3.63) is 11.1 Å². The lowest BCUT2D eigenvalue weighted by Gasteiger charge is -2.07. The SMILES string of the molecule is CC(C(=O)O)=C(C)C(=O)NC(=O)NCCCC1CC1. The van der Waals surface area contributed by atoms with Crippen LogP contribution in [0.5, 0.6) is 0 Å². The summed E-state index contributed by atoms with van der Waals surface area (Å²) < 4.78 is 0. The molecule has 1 aliphatic rings. The van der Waals surface area contributed by atoms with Gasteiger partial charge in [-0.15, -0.1) is 0 Å². The zero-order chi connectivity index (χ0) is 14.4. The van der Waals surface area contributed by atoms with Gasteiger partial charge in [0.1, 0.15) is 0 Å². The van der Waals surface area contributed by atoms with Crippen molar-refractivity contribution in [3.8, 4) is 0 Å². The minimum Gasteiger partial charge on any atom is -0.478 e. The molecule has 0 aliphatic heterocycles. The second-order valence-corrected chi connectivity index (χ2v) is 4.85. The summed E-state index contributed by atoms with van der Waals surface area (Å²) in [7, 11) is 0. The highest BCUT2D eigenvalue weighted by Crippen LogP contribution is 2.33. The van der Waals surface area contributed by atoms with E-state index in [1.807, 2.05) is 0 Å². The molecular formula is C13H20N2O4. The molecule has 106 valence electrons. The van der Waals surface area contributed by atoms with E-state index in [0.29, 0.717) is 6.54 Å². The third kappa shape index (κ3) is 5.54. The molecule has 0 bridgehead atoms. The second kappa shape index (κ2) is 6.92. The number of imide groups is 1. The van der Waals surface area contributed by atoms with Crippen LogP contribution in [0.4, 0.5) is 4.79 Å². The third-order valence-corrected chi connectivity index (χ3v) is 3.22. The van der Waals surface area contributed by atoms with E-state index in [4.69, 9.17) is 5.11 Å². The Kier molecular flexibility index (Phi) is 5.54. The van der Waals surface area contributed by atoms with Crippen LogP contribution in [0.25, 0.3) is 0 Å². The molecule has 1 saturated carbocycles. The van der Waals surface area contributed by atoms with Crippen molar-refractivity contribution >= 4 is 17.9 Å². The number of carboxylic acid groups (broad SMARTS) is 1. The normalized spacial score (nSPS) is 15.5. The van der Waals surface area contributed by atoms with E-state index in [1.54, 1.807) is 0 Å². The summed E-state index contributed by atoms with van der Waals surface area (Å²) in [5.41, 5.74) is -0.0420. The molecule has 0 aromatic carbocycles. The molecule has 1 rings (SSSR count). The largest absolute Gasteiger partial charge is 0.478 e. The van der Waals surface area contributed by atoms with Crippen molar-refractivity contribution in [2.45, 2.75) is 39.5 Å². The van der Waals surface area contributed by atoms with Crippen LogP contribution in [0.3, 0.4) is 0 Å². The Morgan fingerprint density at radius 1 is 1.16 bits per heavy atom. The molecule has 0 heterocycles. The maximum absolute atomic E-state index is 11.6. The van der Waals surface area contributed by atoms with Gasteiger partial charge in [-0.25, -0.2) is 9.59 Å². The van der Waals surface area contributed by atoms with Crippen molar-refractivity contribution < 1.29 is 19.5 Å². The summed E-state index contributed by atoms with van der Waals surface area (Å²) in [5.74, 6) is -1.04. The predicted molar refractivity (Wildman–Crippen MR) is 69.5 cm³/mol. The molecule has 1 aliphatic carbocycles. The van der Waals surface area contributed by atoms with E-state index in [2.05, 4.69) is 10.6 Å². The van der Waals surface area contributed by atoms with Crippen LogP contribution in [-0.2, 0) is 9.59 Å². The number of nitrogens with one attached hydrogen (secondary N) is 2. The fourth-order valence-corrected chi connectivity index (χ4v) is 1.57. The Morgan fingerprint density at radius 2 is 1.79 bits per heavy atom. The molecule has 3 N–H and O–H groups in total. The fourth-order valence-electron chi connectivity index (χ4n) is 1.57. The van der Waals surface area contributed by atoms with Gasteiger partial charge in [-0.3, -0.25) is 10.1 Å². The smallest absolute Gasteiger partial charge is 0.331 e. The average Bonchev–Trinajstić information content (AvgIpc) is 3.16. The van der Waals surface area contributed by atoms with Crippen LogP contribution in [-0.4, -0.2) is 29.6 Å². The third-order valence-electron chi connectivity index (χ3n) is 3.22. The van der Waals surface area contributed by atoms with E-state index in [-0.39, 0.29) is 11.1 Å². The number of hydrogen-bond acceptors (Lipinski definition) is 3. The number of hydrogen-bond donors (Lipinski definition) is 3. The summed E-state index contributed by atoms with van der Waals surface area (Å²) in [6, 6.07) is -0.585. The molecule has 1 fully saturated rings. The first-order valence-corrected chi connectivity index (χ1v) is 6.41. The van der Waals surface area contributed by atoms with Crippen LogP contribution in [0.2, 0.25) is 0 Å². The maximum Gasteiger partial charge on any atom is 0.331 e. The maximum atomic E-state index is 11.6. The van der Waals surface area contributed by atoms with Crippen molar-refractivity contribution in [1.82, 2.24) is 10.6 Å². The van der Waals surface area contributed by atoms with Gasteiger partial charge in [0, 0.05) is 17.7 Å². The Bertz CT molecular complexity index is 411. The summed E-state index contributed by atoms with van der Waals surface area (Å²) in [4.78, 5) is 33.6. The Hall–Kier alpha value is -1.85. The summed E-state index contributed by atoms with van der Waals surface area (Å²) in [5, 5.41) is 13.4. The topological polar surface area (TPSA) is 95.5 Å². The number of carboxylic acids is 1. The Morgan fingerprint density at radius 3 is 2.32 bits per heavy atom. The first-order valence-electron chi connectivity index (χ1n) is 6.41. The van der Waals surface area contributed by atoms with Gasteiger partial charge in [0.15, 0.2) is 0 Å². The molecule has 19 heavy (non-hydrogen) atoms. The molecule has 0 atom stereocenters. The fraction of sp³-hybridized carbons (Fsp3) is 0.615. The Labute approximate surface area is 112 Å². The highest BCUT2D eigenvalue weighted by Gasteiger charge is 2.20. The zero-order valence-corrected chi connectivity index (χ0v) is 11.3. The van der Waals surface area contributed by atoms with E-state index in [0.717, 1.165) is 18.8 Å². The van der Waals surface area contributed by atoms with Gasteiger partial charge in [0.05, 0.1) is 0 Å². The molecule has 0 spiro atoms. The van der Waals surface area contributed by atoms with Crippen LogP contribution < -0.4 is 10.6 Å². The molecule has 0 aromatic heterocycles. The van der Waals surface area contributed by atoms with Crippen LogP contribution in [0.15, 0.2) is 11.1 Å². The van der Waals surface area contributed by atoms with Gasteiger partial charge in [0.2, 0.25) is 0 Å². The van der Waals surface area contributed by atoms with Crippen molar-refractivity contribution in [2.75, 3.05) is 6.54 Å². The van der Waals surface area contributed by atoms with E-state index >= 15 is 0 Å². The zero-order valence-electron chi connectivity index (χ0n) is 11.3. The van der Waals surface area contributed by atoms with Crippen molar-refractivity contribution in [3.63, 3.8) is 0 Å². The monoisotopic (exact) mass is 268 g/mol. The molecule has 0 saturated heterocycles. The first-order chi connectivity index (χ1) is 8.91. The highest BCUT2D eigenvalue weighted by molar-refractivity contribution is 6.07. The van der Waals surface area contributed by atoms with Crippen molar-refractivity contribution in [2.24, 2.45) is 5.92 Å². The lowest BCUT2D eigenvalue weighted by atomic mass is 10.1. The van der Waals surface area contributed by atoms with Crippen LogP contribution in [0, 0.1) is 5.92 Å². The molecule has 3 amide bonds. The van der Waals surface area contributed by atoms with Gasteiger partial charge in [0.25, 0.3) is 5.91 Å². The summed E-state index contributed by atoms with van der Waals surface area (Å²) in [6.07, 6.45) is 4.56. The minimum absolute atomic E-state index is 0.0284. The average molecular weight is 268 g/mol. The quantitative estimate of drug-likeness (QED) is 0.501. The summed E-state index contributed by atoms with van der Waals surface area (Å²) >= 11 is 0. The van der Waals surface area contributed by atoms with Gasteiger partial charge in [-0.2, -0.15) is 0 Å². The number of aliphatic carboxylic acids is 1. The summed E-state index contributed by atoms with van der Waals surface area (Å²) in [6.45, 7) is 3.22. The number of amides is 3. The Balaban J connectivity index is 2.28. The van der Waals surface area contributed by atoms with Gasteiger partial charge >= 0.3 is 12.0 Å². The number of carbonyl (C=O) groups excluding carboxylic acids is 2. The molecule has 0 unspecified atom stereocenters. The van der Waals surface area contributed by atoms with Crippen LogP contribution in [0.1, 0.15) is 39.5 Å². The van der Waals surface area contributed by atoms with Crippen LogP contribution >= 0.6 is 0 Å². The molecular weight excluding hydrogens is 248 g/mol. The number of carbonyl (C=O) groups is 3. The number of rotatable bonds is 6. The standard InChI is InChI=1S/C13H20N2O4/c1-8(9(2)12(17)18)11(16)15-13(19)14-7-3-4-10-5-6-10/h10H,3-7H2,1-2H3,(H,17,18)(H2,14,15,16,19). The van der Waals surface area contributed by atoms with Gasteiger partial charge in [-0.1, -0.05) is 12.8 Å². The van der Waals surface area contributed by atoms with E-state index in [1.165, 1.54) is 26.7 Å². The molecule has 6 heteroatoms.